The minimum Gasteiger partial charge on any atom is -0.493 e. The predicted molar refractivity (Wildman–Crippen MR) is 102 cm³/mol. The van der Waals surface area contributed by atoms with Crippen LogP contribution in [0.1, 0.15) is 22.8 Å². The van der Waals surface area contributed by atoms with Crippen LogP contribution in [-0.2, 0) is 16.1 Å². The summed E-state index contributed by atoms with van der Waals surface area (Å²) in [4.78, 5) is 36.5. The zero-order valence-electron chi connectivity index (χ0n) is 15.7. The number of methoxy groups -OCH3 is 1. The van der Waals surface area contributed by atoms with Crippen molar-refractivity contribution in [1.29, 1.82) is 0 Å². The van der Waals surface area contributed by atoms with Crippen LogP contribution in [0.5, 0.6) is 11.5 Å². The van der Waals surface area contributed by atoms with E-state index in [0.29, 0.717) is 6.54 Å². The van der Waals surface area contributed by atoms with Crippen molar-refractivity contribution >= 4 is 28.9 Å². The average molecular weight is 408 g/mol. The smallest absolute Gasteiger partial charge is 0.345 e. The van der Waals surface area contributed by atoms with E-state index in [0.717, 1.165) is 11.6 Å². The molecule has 1 aromatic carbocycles. The summed E-state index contributed by atoms with van der Waals surface area (Å²) in [6.07, 6.45) is 0. The van der Waals surface area contributed by atoms with Crippen LogP contribution >= 0.6 is 11.3 Å². The lowest BCUT2D eigenvalue weighted by atomic mass is 10.1. The van der Waals surface area contributed by atoms with E-state index in [2.05, 4.69) is 0 Å². The first-order valence-corrected chi connectivity index (χ1v) is 9.23. The Morgan fingerprint density at radius 3 is 2.61 bits per heavy atom. The van der Waals surface area contributed by atoms with Crippen molar-refractivity contribution in [1.82, 2.24) is 4.90 Å². The van der Waals surface area contributed by atoms with Crippen LogP contribution in [0.4, 0.5) is 5.69 Å². The summed E-state index contributed by atoms with van der Waals surface area (Å²) in [5, 5.41) is 15.1. The topological polar surface area (TPSA) is 108 Å². The SMILES string of the molecule is CCOc1cc(C(=O)OCC(=O)N(C)Cc2ccsc2)c([N+](=O)[O-])cc1OC. The monoisotopic (exact) mass is 408 g/mol. The van der Waals surface area contributed by atoms with Gasteiger partial charge in [-0.05, 0) is 29.3 Å². The van der Waals surface area contributed by atoms with E-state index in [1.165, 1.54) is 29.4 Å². The Labute approximate surface area is 165 Å². The first-order valence-electron chi connectivity index (χ1n) is 8.28. The van der Waals surface area contributed by atoms with Crippen molar-refractivity contribution in [3.63, 3.8) is 0 Å². The van der Waals surface area contributed by atoms with Crippen LogP contribution in [0, 0.1) is 10.1 Å². The van der Waals surface area contributed by atoms with Crippen LogP contribution in [-0.4, -0.2) is 49.1 Å². The summed E-state index contributed by atoms with van der Waals surface area (Å²) in [6, 6.07) is 4.16. The molecule has 0 aliphatic carbocycles. The fraction of sp³-hybridized carbons (Fsp3) is 0.333. The molecule has 0 spiro atoms. The maximum absolute atomic E-state index is 12.4. The first kappa shape index (κ1) is 21.2. The fourth-order valence-corrected chi connectivity index (χ4v) is 3.01. The molecule has 1 heterocycles. The van der Waals surface area contributed by atoms with Gasteiger partial charge >= 0.3 is 5.97 Å². The molecule has 0 saturated carbocycles. The molecule has 2 rings (SSSR count). The Kier molecular flexibility index (Phi) is 7.33. The summed E-state index contributed by atoms with van der Waals surface area (Å²) in [6.45, 7) is 1.83. The van der Waals surface area contributed by atoms with Crippen molar-refractivity contribution in [2.75, 3.05) is 27.4 Å². The lowest BCUT2D eigenvalue weighted by Crippen LogP contribution is -2.30. The van der Waals surface area contributed by atoms with Gasteiger partial charge in [0.2, 0.25) is 0 Å². The number of likely N-dealkylation sites (N-methyl/N-ethyl adjacent to an activating group) is 1. The summed E-state index contributed by atoms with van der Waals surface area (Å²) in [5.74, 6) is -1.13. The number of ether oxygens (including phenoxy) is 3. The molecule has 0 atom stereocenters. The van der Waals surface area contributed by atoms with E-state index in [9.17, 15) is 19.7 Å². The quantitative estimate of drug-likeness (QED) is 0.357. The number of carbonyl (C=O) groups is 2. The molecule has 0 aliphatic heterocycles. The third kappa shape index (κ3) is 5.19. The van der Waals surface area contributed by atoms with E-state index in [1.54, 1.807) is 14.0 Å². The number of nitro benzene ring substituents is 1. The van der Waals surface area contributed by atoms with Gasteiger partial charge in [-0.1, -0.05) is 0 Å². The Hall–Kier alpha value is -3.14. The third-order valence-corrected chi connectivity index (χ3v) is 4.48. The number of thiophene rings is 1. The molecular formula is C18H20N2O7S. The Morgan fingerprint density at radius 1 is 1.29 bits per heavy atom. The van der Waals surface area contributed by atoms with Crippen LogP contribution in [0.25, 0.3) is 0 Å². The first-order chi connectivity index (χ1) is 13.4. The van der Waals surface area contributed by atoms with Gasteiger partial charge < -0.3 is 19.1 Å². The highest BCUT2D eigenvalue weighted by atomic mass is 32.1. The summed E-state index contributed by atoms with van der Waals surface area (Å²) in [5.41, 5.74) is 0.145. The van der Waals surface area contributed by atoms with Crippen molar-refractivity contribution in [2.45, 2.75) is 13.5 Å². The highest BCUT2D eigenvalue weighted by Gasteiger charge is 2.26. The molecule has 150 valence electrons. The molecule has 9 nitrogen and oxygen atoms in total. The van der Waals surface area contributed by atoms with Crippen LogP contribution in [0.3, 0.4) is 0 Å². The van der Waals surface area contributed by atoms with Crippen molar-refractivity contribution < 1.29 is 28.7 Å². The van der Waals surface area contributed by atoms with Crippen LogP contribution in [0.15, 0.2) is 29.0 Å². The van der Waals surface area contributed by atoms with Crippen LogP contribution in [0.2, 0.25) is 0 Å². The second-order valence-corrected chi connectivity index (χ2v) is 6.45. The van der Waals surface area contributed by atoms with Gasteiger partial charge in [-0.25, -0.2) is 4.79 Å². The summed E-state index contributed by atoms with van der Waals surface area (Å²) >= 11 is 1.51. The van der Waals surface area contributed by atoms with Gasteiger partial charge in [-0.15, -0.1) is 0 Å². The molecule has 10 heteroatoms. The fourth-order valence-electron chi connectivity index (χ4n) is 2.35. The van der Waals surface area contributed by atoms with Gasteiger partial charge in [0.25, 0.3) is 11.6 Å². The number of hydrogen-bond donors (Lipinski definition) is 0. The Bertz CT molecular complexity index is 852. The van der Waals surface area contributed by atoms with Gasteiger partial charge in [0, 0.05) is 19.7 Å². The van der Waals surface area contributed by atoms with E-state index < -0.39 is 29.1 Å². The number of carbonyl (C=O) groups excluding carboxylic acids is 2. The molecule has 0 unspecified atom stereocenters. The highest BCUT2D eigenvalue weighted by molar-refractivity contribution is 7.07. The molecule has 0 fully saturated rings. The van der Waals surface area contributed by atoms with Crippen LogP contribution < -0.4 is 9.47 Å². The van der Waals surface area contributed by atoms with Gasteiger partial charge in [-0.2, -0.15) is 11.3 Å². The Balaban J connectivity index is 2.12. The molecule has 1 amide bonds. The summed E-state index contributed by atoms with van der Waals surface area (Å²) < 4.78 is 15.4. The molecule has 0 radical (unpaired) electrons. The molecule has 0 bridgehead atoms. The van der Waals surface area contributed by atoms with Gasteiger partial charge in [0.1, 0.15) is 5.56 Å². The zero-order chi connectivity index (χ0) is 20.7. The number of esters is 1. The third-order valence-electron chi connectivity index (χ3n) is 3.75. The number of nitrogens with zero attached hydrogens (tertiary/aromatic N) is 2. The van der Waals surface area contributed by atoms with Gasteiger partial charge in [-0.3, -0.25) is 14.9 Å². The normalized spacial score (nSPS) is 10.2. The number of rotatable bonds is 9. The average Bonchev–Trinajstić information content (AvgIpc) is 3.18. The van der Waals surface area contributed by atoms with Crippen molar-refractivity contribution in [3.05, 3.63) is 50.2 Å². The minimum atomic E-state index is -0.993. The summed E-state index contributed by atoms with van der Waals surface area (Å²) in [7, 11) is 2.92. The predicted octanol–water partition coefficient (Wildman–Crippen LogP) is 2.88. The minimum absolute atomic E-state index is 0.122. The molecule has 0 saturated heterocycles. The largest absolute Gasteiger partial charge is 0.493 e. The maximum Gasteiger partial charge on any atom is 0.345 e. The van der Waals surface area contributed by atoms with Gasteiger partial charge in [0.15, 0.2) is 18.1 Å². The van der Waals surface area contributed by atoms with E-state index >= 15 is 0 Å². The maximum atomic E-state index is 12.4. The number of amides is 1. The zero-order valence-corrected chi connectivity index (χ0v) is 16.5. The molecule has 1 aromatic heterocycles. The van der Waals surface area contributed by atoms with E-state index in [4.69, 9.17) is 14.2 Å². The van der Waals surface area contributed by atoms with Gasteiger partial charge in [0.05, 0.1) is 24.7 Å². The number of hydrogen-bond acceptors (Lipinski definition) is 8. The molecule has 0 N–H and O–H groups in total. The molecular weight excluding hydrogens is 388 g/mol. The second kappa shape index (κ2) is 9.70. The molecule has 0 aliphatic rings. The molecule has 2 aromatic rings. The number of nitro groups is 1. The van der Waals surface area contributed by atoms with Crippen molar-refractivity contribution in [2.24, 2.45) is 0 Å². The standard InChI is InChI=1S/C18H20N2O7S/c1-4-26-16-7-13(14(20(23)24)8-15(16)25-3)18(22)27-10-17(21)19(2)9-12-5-6-28-11-12/h5-8,11H,4,9-10H2,1-3H3. The lowest BCUT2D eigenvalue weighted by molar-refractivity contribution is -0.385. The second-order valence-electron chi connectivity index (χ2n) is 5.67. The number of benzene rings is 1. The van der Waals surface area contributed by atoms with Crippen molar-refractivity contribution in [3.8, 4) is 11.5 Å². The highest BCUT2D eigenvalue weighted by Crippen LogP contribution is 2.35. The molecule has 28 heavy (non-hydrogen) atoms. The Morgan fingerprint density at radius 2 is 2.04 bits per heavy atom. The lowest BCUT2D eigenvalue weighted by Gasteiger charge is -2.16. The van der Waals surface area contributed by atoms with E-state index in [-0.39, 0.29) is 23.7 Å². The van der Waals surface area contributed by atoms with E-state index in [1.807, 2.05) is 16.8 Å².